The lowest BCUT2D eigenvalue weighted by molar-refractivity contribution is -0.127. The molecule has 0 aliphatic rings. The molecule has 0 spiro atoms. The quantitative estimate of drug-likeness (QED) is 0.642. The highest BCUT2D eigenvalue weighted by molar-refractivity contribution is 7.80. The van der Waals surface area contributed by atoms with Crippen LogP contribution in [-0.2, 0) is 9.53 Å². The van der Waals surface area contributed by atoms with Crippen LogP contribution < -0.4 is 11.1 Å². The maximum atomic E-state index is 11.4. The molecule has 1 unspecified atom stereocenters. The lowest BCUT2D eigenvalue weighted by Gasteiger charge is -2.16. The molecule has 0 aliphatic heterocycles. The average Bonchev–Trinajstić information content (AvgIpc) is 2.13. The van der Waals surface area contributed by atoms with E-state index in [0.29, 0.717) is 11.4 Å². The van der Waals surface area contributed by atoms with Crippen molar-refractivity contribution in [2.75, 3.05) is 6.61 Å². The van der Waals surface area contributed by atoms with Gasteiger partial charge in [-0.1, -0.05) is 19.1 Å². The molecular weight excluding hydrogens is 212 g/mol. The summed E-state index contributed by atoms with van der Waals surface area (Å²) in [5, 5.41) is 2.82. The van der Waals surface area contributed by atoms with E-state index in [1.54, 1.807) is 0 Å². The van der Waals surface area contributed by atoms with Crippen molar-refractivity contribution in [1.82, 2.24) is 5.32 Å². The molecule has 0 aromatic rings. The molecule has 4 nitrogen and oxygen atoms in total. The summed E-state index contributed by atoms with van der Waals surface area (Å²) in [5.74, 6) is -0.119. The third-order valence-corrected chi connectivity index (χ3v) is 2.02. The molecule has 0 rings (SSSR count). The standard InChI is InChI=1S/C10H20N2O2S/c1-4-8(5-9(11)15)12-10(13)6-14-7(2)3/h7-8H,4-6H2,1-3H3,(H2,11,15)(H,12,13). The van der Waals surface area contributed by atoms with E-state index >= 15 is 0 Å². The molecule has 1 amide bonds. The van der Waals surface area contributed by atoms with Crippen LogP contribution in [-0.4, -0.2) is 29.6 Å². The Kier molecular flexibility index (Phi) is 7.25. The van der Waals surface area contributed by atoms with Crippen molar-refractivity contribution in [2.24, 2.45) is 5.73 Å². The Morgan fingerprint density at radius 3 is 2.53 bits per heavy atom. The first-order valence-corrected chi connectivity index (χ1v) is 5.55. The third-order valence-electron chi connectivity index (χ3n) is 1.85. The Morgan fingerprint density at radius 1 is 1.53 bits per heavy atom. The molecule has 3 N–H and O–H groups in total. The van der Waals surface area contributed by atoms with Crippen molar-refractivity contribution in [3.63, 3.8) is 0 Å². The van der Waals surface area contributed by atoms with E-state index in [2.05, 4.69) is 5.32 Å². The lowest BCUT2D eigenvalue weighted by atomic mass is 10.1. The van der Waals surface area contributed by atoms with Gasteiger partial charge in [-0.3, -0.25) is 4.79 Å². The number of ether oxygens (including phenoxy) is 1. The predicted molar refractivity (Wildman–Crippen MR) is 64.7 cm³/mol. The van der Waals surface area contributed by atoms with E-state index < -0.39 is 0 Å². The van der Waals surface area contributed by atoms with Crippen molar-refractivity contribution >= 4 is 23.1 Å². The van der Waals surface area contributed by atoms with Crippen molar-refractivity contribution in [3.8, 4) is 0 Å². The van der Waals surface area contributed by atoms with E-state index in [4.69, 9.17) is 22.7 Å². The highest BCUT2D eigenvalue weighted by Gasteiger charge is 2.11. The van der Waals surface area contributed by atoms with Gasteiger partial charge in [-0.15, -0.1) is 0 Å². The summed E-state index contributed by atoms with van der Waals surface area (Å²) < 4.78 is 5.18. The van der Waals surface area contributed by atoms with Gasteiger partial charge in [-0.05, 0) is 20.3 Å². The van der Waals surface area contributed by atoms with Gasteiger partial charge in [0.2, 0.25) is 5.91 Å². The molecule has 0 saturated heterocycles. The Bertz CT molecular complexity index is 219. The van der Waals surface area contributed by atoms with Crippen molar-refractivity contribution in [1.29, 1.82) is 0 Å². The SMILES string of the molecule is CCC(CC(N)=S)NC(=O)COC(C)C. The van der Waals surface area contributed by atoms with E-state index in [9.17, 15) is 4.79 Å². The topological polar surface area (TPSA) is 64.3 Å². The molecule has 0 heterocycles. The van der Waals surface area contributed by atoms with Crippen LogP contribution in [0.5, 0.6) is 0 Å². The molecular formula is C10H20N2O2S. The number of amides is 1. The number of carbonyl (C=O) groups is 1. The van der Waals surface area contributed by atoms with Gasteiger partial charge in [0.15, 0.2) is 0 Å². The largest absolute Gasteiger partial charge is 0.393 e. The van der Waals surface area contributed by atoms with Crippen LogP contribution in [0.2, 0.25) is 0 Å². The fourth-order valence-corrected chi connectivity index (χ4v) is 1.25. The van der Waals surface area contributed by atoms with Crippen LogP contribution in [0, 0.1) is 0 Å². The zero-order valence-electron chi connectivity index (χ0n) is 9.58. The van der Waals surface area contributed by atoms with Crippen LogP contribution in [0.3, 0.4) is 0 Å². The maximum Gasteiger partial charge on any atom is 0.246 e. The van der Waals surface area contributed by atoms with Crippen LogP contribution in [0.15, 0.2) is 0 Å². The number of thiocarbonyl (C=S) groups is 1. The van der Waals surface area contributed by atoms with Crippen molar-refractivity contribution < 1.29 is 9.53 Å². The summed E-state index contributed by atoms with van der Waals surface area (Å²) in [6, 6.07) is 0.0192. The van der Waals surface area contributed by atoms with E-state index in [0.717, 1.165) is 6.42 Å². The summed E-state index contributed by atoms with van der Waals surface area (Å²) in [6.45, 7) is 5.84. The Hall–Kier alpha value is -0.680. The summed E-state index contributed by atoms with van der Waals surface area (Å²) in [5.41, 5.74) is 5.42. The van der Waals surface area contributed by atoms with Gasteiger partial charge in [-0.25, -0.2) is 0 Å². The highest BCUT2D eigenvalue weighted by atomic mass is 32.1. The van der Waals surface area contributed by atoms with Gasteiger partial charge in [0.05, 0.1) is 11.1 Å². The molecule has 1 atom stereocenters. The summed E-state index contributed by atoms with van der Waals surface area (Å²) in [6.07, 6.45) is 1.41. The number of nitrogens with two attached hydrogens (primary N) is 1. The minimum atomic E-state index is -0.119. The van der Waals surface area contributed by atoms with Crippen LogP contribution in [0.25, 0.3) is 0 Å². The fourth-order valence-electron chi connectivity index (χ4n) is 1.05. The number of nitrogens with one attached hydrogen (secondary N) is 1. The van der Waals surface area contributed by atoms with Gasteiger partial charge >= 0.3 is 0 Å². The second kappa shape index (κ2) is 7.59. The van der Waals surface area contributed by atoms with E-state index in [1.165, 1.54) is 0 Å². The molecule has 0 bridgehead atoms. The fraction of sp³-hybridized carbons (Fsp3) is 0.800. The van der Waals surface area contributed by atoms with E-state index in [1.807, 2.05) is 20.8 Å². The summed E-state index contributed by atoms with van der Waals surface area (Å²) >= 11 is 4.79. The van der Waals surface area contributed by atoms with Gasteiger partial charge in [0.25, 0.3) is 0 Å². The number of hydrogen-bond donors (Lipinski definition) is 2. The molecule has 0 aliphatic carbocycles. The monoisotopic (exact) mass is 232 g/mol. The maximum absolute atomic E-state index is 11.4. The smallest absolute Gasteiger partial charge is 0.246 e. The summed E-state index contributed by atoms with van der Waals surface area (Å²) in [7, 11) is 0. The lowest BCUT2D eigenvalue weighted by Crippen LogP contribution is -2.39. The zero-order chi connectivity index (χ0) is 11.8. The summed E-state index contributed by atoms with van der Waals surface area (Å²) in [4.78, 5) is 11.8. The minimum absolute atomic E-state index is 0.0192. The molecule has 0 saturated carbocycles. The average molecular weight is 232 g/mol. The first kappa shape index (κ1) is 14.3. The second-order valence-electron chi connectivity index (χ2n) is 3.70. The highest BCUT2D eigenvalue weighted by Crippen LogP contribution is 1.98. The third kappa shape index (κ3) is 8.32. The second-order valence-corrected chi connectivity index (χ2v) is 4.23. The Balaban J connectivity index is 3.85. The molecule has 0 fully saturated rings. The zero-order valence-corrected chi connectivity index (χ0v) is 10.4. The first-order valence-electron chi connectivity index (χ1n) is 5.15. The molecule has 0 aromatic heterocycles. The molecule has 0 aromatic carbocycles. The van der Waals surface area contributed by atoms with Gasteiger partial charge in [0.1, 0.15) is 6.61 Å². The Labute approximate surface area is 96.5 Å². The van der Waals surface area contributed by atoms with Crippen LogP contribution >= 0.6 is 12.2 Å². The molecule has 15 heavy (non-hydrogen) atoms. The van der Waals surface area contributed by atoms with Gasteiger partial charge in [0, 0.05) is 12.5 Å². The molecule has 88 valence electrons. The van der Waals surface area contributed by atoms with Gasteiger partial charge in [-0.2, -0.15) is 0 Å². The van der Waals surface area contributed by atoms with Crippen molar-refractivity contribution in [3.05, 3.63) is 0 Å². The number of hydrogen-bond acceptors (Lipinski definition) is 3. The predicted octanol–water partition coefficient (Wildman–Crippen LogP) is 0.982. The number of rotatable bonds is 7. The minimum Gasteiger partial charge on any atom is -0.393 e. The molecule has 0 radical (unpaired) electrons. The first-order chi connectivity index (χ1) is 6.95. The Morgan fingerprint density at radius 2 is 2.13 bits per heavy atom. The number of carbonyl (C=O) groups excluding carboxylic acids is 1. The van der Waals surface area contributed by atoms with Crippen LogP contribution in [0.1, 0.15) is 33.6 Å². The normalized spacial score (nSPS) is 12.5. The molecule has 5 heteroatoms. The van der Waals surface area contributed by atoms with E-state index in [-0.39, 0.29) is 24.7 Å². The van der Waals surface area contributed by atoms with Crippen molar-refractivity contribution in [2.45, 2.75) is 45.8 Å². The van der Waals surface area contributed by atoms with Gasteiger partial charge < -0.3 is 15.8 Å². The van der Waals surface area contributed by atoms with Crippen LogP contribution in [0.4, 0.5) is 0 Å².